The van der Waals surface area contributed by atoms with E-state index in [-0.39, 0.29) is 28.7 Å². The molecule has 0 aliphatic heterocycles. The van der Waals surface area contributed by atoms with Crippen molar-refractivity contribution in [1.82, 2.24) is 10.6 Å². The van der Waals surface area contributed by atoms with Crippen LogP contribution in [0.2, 0.25) is 0 Å². The van der Waals surface area contributed by atoms with Crippen molar-refractivity contribution < 1.29 is 4.21 Å². The van der Waals surface area contributed by atoms with Crippen LogP contribution in [-0.4, -0.2) is 39.8 Å². The molecule has 0 saturated carbocycles. The first-order valence-corrected chi connectivity index (χ1v) is 8.33. The molecule has 0 aromatic rings. The van der Waals surface area contributed by atoms with E-state index in [1.807, 2.05) is 20.8 Å². The fraction of sp³-hybridized carbons (Fsp3) is 0.786. The van der Waals surface area contributed by atoms with E-state index in [0.29, 0.717) is 18.3 Å². The van der Waals surface area contributed by atoms with Crippen LogP contribution in [0.15, 0.2) is 17.1 Å². The lowest BCUT2D eigenvalue weighted by Gasteiger charge is -2.18. The summed E-state index contributed by atoms with van der Waals surface area (Å²) in [5, 5.41) is 6.64. The number of guanidine groups is 1. The molecule has 0 spiro atoms. The maximum Gasteiger partial charge on any atom is 0.191 e. The number of aliphatic imine (C=N–C) groups is 1. The van der Waals surface area contributed by atoms with Crippen molar-refractivity contribution >= 4 is 40.7 Å². The Morgan fingerprint density at radius 3 is 2.45 bits per heavy atom. The molecule has 0 saturated heterocycles. The van der Waals surface area contributed by atoms with Gasteiger partial charge in [0.05, 0.1) is 6.54 Å². The van der Waals surface area contributed by atoms with Crippen molar-refractivity contribution in [2.75, 3.05) is 18.8 Å². The minimum Gasteiger partial charge on any atom is -0.357 e. The highest BCUT2D eigenvalue weighted by Gasteiger charge is 2.18. The van der Waals surface area contributed by atoms with Gasteiger partial charge in [0, 0.05) is 33.9 Å². The molecule has 1 rings (SSSR count). The topological polar surface area (TPSA) is 53.5 Å². The predicted molar refractivity (Wildman–Crippen MR) is 99.5 cm³/mol. The number of rotatable bonds is 5. The van der Waals surface area contributed by atoms with Gasteiger partial charge in [-0.15, -0.1) is 24.0 Å². The molecule has 1 aliphatic rings. The molecular formula is C14H28IN3OS. The molecule has 1 aliphatic carbocycles. The summed E-state index contributed by atoms with van der Waals surface area (Å²) in [6.45, 7) is 9.49. The zero-order valence-corrected chi connectivity index (χ0v) is 16.1. The van der Waals surface area contributed by atoms with Crippen molar-refractivity contribution in [1.29, 1.82) is 0 Å². The van der Waals surface area contributed by atoms with E-state index in [0.717, 1.165) is 25.3 Å². The van der Waals surface area contributed by atoms with Gasteiger partial charge in [-0.25, -0.2) is 0 Å². The first-order chi connectivity index (χ1) is 8.93. The van der Waals surface area contributed by atoms with E-state index in [1.54, 1.807) is 0 Å². The predicted octanol–water partition coefficient (Wildman–Crippen LogP) is 2.43. The summed E-state index contributed by atoms with van der Waals surface area (Å²) < 4.78 is 11.8. The zero-order chi connectivity index (χ0) is 14.3. The third-order valence-electron chi connectivity index (χ3n) is 2.92. The molecule has 0 fully saturated rings. The van der Waals surface area contributed by atoms with Crippen LogP contribution in [0.5, 0.6) is 0 Å². The SMILES string of the molecule is CCNC(=NCCS(=O)C(C)(C)C)NC1CC=CC1.I. The number of hydrogen-bond acceptors (Lipinski definition) is 2. The van der Waals surface area contributed by atoms with Gasteiger partial charge in [0.2, 0.25) is 0 Å². The van der Waals surface area contributed by atoms with Gasteiger partial charge in [-0.1, -0.05) is 12.2 Å². The van der Waals surface area contributed by atoms with E-state index in [9.17, 15) is 4.21 Å². The van der Waals surface area contributed by atoms with Crippen molar-refractivity contribution in [3.63, 3.8) is 0 Å². The fourth-order valence-electron chi connectivity index (χ4n) is 1.79. The van der Waals surface area contributed by atoms with E-state index in [1.165, 1.54) is 0 Å². The van der Waals surface area contributed by atoms with Crippen LogP contribution < -0.4 is 10.6 Å². The minimum atomic E-state index is -0.837. The largest absolute Gasteiger partial charge is 0.357 e. The minimum absolute atomic E-state index is 0. The van der Waals surface area contributed by atoms with Crippen LogP contribution >= 0.6 is 24.0 Å². The average molecular weight is 413 g/mol. The number of halogens is 1. The Kier molecular flexibility index (Phi) is 9.71. The van der Waals surface area contributed by atoms with Crippen LogP contribution in [0.25, 0.3) is 0 Å². The van der Waals surface area contributed by atoms with Crippen LogP contribution in [0.1, 0.15) is 40.5 Å². The van der Waals surface area contributed by atoms with E-state index in [2.05, 4.69) is 34.7 Å². The second-order valence-corrected chi connectivity index (χ2v) is 8.03. The first-order valence-electron chi connectivity index (χ1n) is 7.01. The summed E-state index contributed by atoms with van der Waals surface area (Å²) in [5.41, 5.74) is 0. The van der Waals surface area contributed by atoms with Crippen molar-refractivity contribution in [3.05, 3.63) is 12.2 Å². The third-order valence-corrected chi connectivity index (χ3v) is 4.84. The van der Waals surface area contributed by atoms with Gasteiger partial charge in [0.1, 0.15) is 0 Å². The highest BCUT2D eigenvalue weighted by Crippen LogP contribution is 2.11. The molecule has 0 radical (unpaired) electrons. The van der Waals surface area contributed by atoms with E-state index >= 15 is 0 Å². The van der Waals surface area contributed by atoms with Crippen molar-refractivity contribution in [2.45, 2.75) is 51.3 Å². The summed E-state index contributed by atoms with van der Waals surface area (Å²) in [4.78, 5) is 4.50. The van der Waals surface area contributed by atoms with Gasteiger partial charge in [0.25, 0.3) is 0 Å². The Hall–Kier alpha value is -0.110. The van der Waals surface area contributed by atoms with Gasteiger partial charge in [-0.2, -0.15) is 0 Å². The molecule has 118 valence electrons. The Labute approximate surface area is 142 Å². The molecule has 0 heterocycles. The van der Waals surface area contributed by atoms with Crippen molar-refractivity contribution in [2.24, 2.45) is 4.99 Å². The molecule has 4 nitrogen and oxygen atoms in total. The smallest absolute Gasteiger partial charge is 0.191 e. The summed E-state index contributed by atoms with van der Waals surface area (Å²) in [5.74, 6) is 1.45. The van der Waals surface area contributed by atoms with Crippen LogP contribution in [0, 0.1) is 0 Å². The Morgan fingerprint density at radius 2 is 1.95 bits per heavy atom. The molecule has 0 aromatic heterocycles. The van der Waals surface area contributed by atoms with Crippen LogP contribution in [-0.2, 0) is 10.8 Å². The van der Waals surface area contributed by atoms with Gasteiger partial charge in [-0.05, 0) is 40.5 Å². The maximum atomic E-state index is 11.9. The highest BCUT2D eigenvalue weighted by molar-refractivity contribution is 14.0. The zero-order valence-electron chi connectivity index (χ0n) is 12.9. The molecule has 0 aromatic carbocycles. The van der Waals surface area contributed by atoms with Gasteiger partial charge in [0.15, 0.2) is 5.96 Å². The molecule has 0 amide bonds. The molecular weight excluding hydrogens is 385 g/mol. The first kappa shape index (κ1) is 19.9. The molecule has 2 N–H and O–H groups in total. The van der Waals surface area contributed by atoms with Crippen LogP contribution in [0.3, 0.4) is 0 Å². The Morgan fingerprint density at radius 1 is 1.35 bits per heavy atom. The number of hydrogen-bond donors (Lipinski definition) is 2. The third kappa shape index (κ3) is 7.61. The Bertz CT molecular complexity index is 356. The summed E-state index contributed by atoms with van der Waals surface area (Å²) in [6.07, 6.45) is 6.49. The lowest BCUT2D eigenvalue weighted by molar-refractivity contribution is 0.633. The average Bonchev–Trinajstić information content (AvgIpc) is 2.80. The quantitative estimate of drug-likeness (QED) is 0.315. The highest BCUT2D eigenvalue weighted by atomic mass is 127. The standard InChI is InChI=1S/C14H27N3OS.HI/c1-5-15-13(17-12-8-6-7-9-12)16-10-11-19(18)14(2,3)4;/h6-7,12H,5,8-11H2,1-4H3,(H2,15,16,17);1H. The molecule has 1 unspecified atom stereocenters. The molecule has 0 bridgehead atoms. The molecule has 20 heavy (non-hydrogen) atoms. The number of nitrogens with one attached hydrogen (secondary N) is 2. The van der Waals surface area contributed by atoms with Crippen LogP contribution in [0.4, 0.5) is 0 Å². The molecule has 6 heteroatoms. The summed E-state index contributed by atoms with van der Waals surface area (Å²) >= 11 is 0. The van der Waals surface area contributed by atoms with E-state index < -0.39 is 10.8 Å². The summed E-state index contributed by atoms with van der Waals surface area (Å²) in [6, 6.07) is 0.450. The summed E-state index contributed by atoms with van der Waals surface area (Å²) in [7, 11) is -0.837. The van der Waals surface area contributed by atoms with Gasteiger partial charge in [-0.3, -0.25) is 9.20 Å². The second-order valence-electron chi connectivity index (χ2n) is 5.71. The molecule has 1 atom stereocenters. The van der Waals surface area contributed by atoms with Crippen molar-refractivity contribution in [3.8, 4) is 0 Å². The lowest BCUT2D eigenvalue weighted by atomic mass is 10.2. The number of nitrogens with zero attached hydrogens (tertiary/aromatic N) is 1. The normalized spacial score (nSPS) is 17.7. The van der Waals surface area contributed by atoms with Gasteiger partial charge >= 0.3 is 0 Å². The monoisotopic (exact) mass is 413 g/mol. The Balaban J connectivity index is 0.00000361. The van der Waals surface area contributed by atoms with Gasteiger partial charge < -0.3 is 10.6 Å². The fourth-order valence-corrected chi connectivity index (χ4v) is 2.66. The lowest BCUT2D eigenvalue weighted by Crippen LogP contribution is -2.42. The maximum absolute atomic E-state index is 11.9. The van der Waals surface area contributed by atoms with E-state index in [4.69, 9.17) is 0 Å². The second kappa shape index (κ2) is 9.76.